The molecule has 2 fully saturated rings. The van der Waals surface area contributed by atoms with E-state index in [1.165, 1.54) is 18.9 Å². The zero-order valence-corrected chi connectivity index (χ0v) is 18.8. The average Bonchev–Trinajstić information content (AvgIpc) is 3.48. The second kappa shape index (κ2) is 8.54. The van der Waals surface area contributed by atoms with E-state index in [-0.39, 0.29) is 17.8 Å². The Morgan fingerprint density at radius 1 is 1.00 bits per heavy atom. The number of piperazine rings is 1. The maximum Gasteiger partial charge on any atom is 0.239 e. The molecule has 32 heavy (non-hydrogen) atoms. The van der Waals surface area contributed by atoms with Crippen LogP contribution in [0.1, 0.15) is 19.8 Å². The monoisotopic (exact) mass is 435 g/mol. The summed E-state index contributed by atoms with van der Waals surface area (Å²) in [6.07, 6.45) is 2.37. The molecular formula is C25H30FN5O. The van der Waals surface area contributed by atoms with E-state index in [9.17, 15) is 9.18 Å². The minimum Gasteiger partial charge on any atom is -0.368 e. The lowest BCUT2D eigenvalue weighted by molar-refractivity contribution is -0.136. The Morgan fingerprint density at radius 3 is 2.44 bits per heavy atom. The van der Waals surface area contributed by atoms with Crippen molar-refractivity contribution < 1.29 is 9.18 Å². The first-order chi connectivity index (χ1) is 15.5. The normalized spacial score (nSPS) is 18.5. The van der Waals surface area contributed by atoms with Gasteiger partial charge in [-0.3, -0.25) is 9.69 Å². The molecule has 3 heterocycles. The van der Waals surface area contributed by atoms with Crippen LogP contribution in [0.3, 0.4) is 0 Å². The van der Waals surface area contributed by atoms with Gasteiger partial charge in [0.05, 0.1) is 22.6 Å². The van der Waals surface area contributed by atoms with E-state index in [0.717, 1.165) is 42.9 Å². The maximum atomic E-state index is 14.8. The third-order valence-corrected chi connectivity index (χ3v) is 6.98. The van der Waals surface area contributed by atoms with Gasteiger partial charge in [0.2, 0.25) is 5.91 Å². The second-order valence-corrected chi connectivity index (χ2v) is 8.88. The van der Waals surface area contributed by atoms with Crippen LogP contribution in [0.25, 0.3) is 22.4 Å². The minimum absolute atomic E-state index is 0.0426. The van der Waals surface area contributed by atoms with Crippen molar-refractivity contribution in [2.75, 3.05) is 44.2 Å². The van der Waals surface area contributed by atoms with Crippen LogP contribution in [0.5, 0.6) is 0 Å². The number of imidazole rings is 1. The van der Waals surface area contributed by atoms with Crippen LogP contribution >= 0.6 is 0 Å². The quantitative estimate of drug-likeness (QED) is 0.629. The van der Waals surface area contributed by atoms with Gasteiger partial charge in [0, 0.05) is 38.9 Å². The Labute approximate surface area is 188 Å². The Kier molecular flexibility index (Phi) is 5.59. The first kappa shape index (κ1) is 20.9. The number of para-hydroxylation sites is 2. The van der Waals surface area contributed by atoms with Crippen molar-refractivity contribution in [1.29, 1.82) is 0 Å². The van der Waals surface area contributed by atoms with Crippen LogP contribution in [0.2, 0.25) is 0 Å². The van der Waals surface area contributed by atoms with Gasteiger partial charge < -0.3 is 14.4 Å². The number of hydrogen-bond acceptors (Lipinski definition) is 4. The highest BCUT2D eigenvalue weighted by Crippen LogP contribution is 2.30. The predicted molar refractivity (Wildman–Crippen MR) is 125 cm³/mol. The smallest absolute Gasteiger partial charge is 0.239 e. The lowest BCUT2D eigenvalue weighted by atomic mass is 10.1. The number of aromatic nitrogens is 2. The molecule has 0 saturated carbocycles. The van der Waals surface area contributed by atoms with E-state index in [0.29, 0.717) is 24.5 Å². The first-order valence-corrected chi connectivity index (χ1v) is 11.5. The number of nitrogens with zero attached hydrogens (tertiary/aromatic N) is 5. The van der Waals surface area contributed by atoms with Crippen LogP contribution in [-0.2, 0) is 11.8 Å². The molecule has 7 heteroatoms. The fraction of sp³-hybridized carbons (Fsp3) is 0.440. The summed E-state index contributed by atoms with van der Waals surface area (Å²) in [6, 6.07) is 13.0. The molecule has 2 saturated heterocycles. The first-order valence-electron chi connectivity index (χ1n) is 11.5. The molecule has 1 atom stereocenters. The molecule has 0 spiro atoms. The SMILES string of the molecule is CC(C(=O)N1CCN(c2ccc(F)c(-c3nc4ccccc4n3C)c2)CC1)N1CCCC1. The number of rotatable bonds is 4. The number of halogens is 1. The molecule has 6 nitrogen and oxygen atoms in total. The van der Waals surface area contributed by atoms with Gasteiger partial charge in [-0.2, -0.15) is 0 Å². The highest BCUT2D eigenvalue weighted by molar-refractivity contribution is 5.82. The highest BCUT2D eigenvalue weighted by Gasteiger charge is 2.30. The van der Waals surface area contributed by atoms with Crippen molar-refractivity contribution in [3.05, 3.63) is 48.3 Å². The van der Waals surface area contributed by atoms with Gasteiger partial charge >= 0.3 is 0 Å². The topological polar surface area (TPSA) is 44.6 Å². The lowest BCUT2D eigenvalue weighted by Gasteiger charge is -2.38. The maximum absolute atomic E-state index is 14.8. The molecule has 3 aromatic rings. The highest BCUT2D eigenvalue weighted by atomic mass is 19.1. The summed E-state index contributed by atoms with van der Waals surface area (Å²) >= 11 is 0. The summed E-state index contributed by atoms with van der Waals surface area (Å²) < 4.78 is 16.7. The van der Waals surface area contributed by atoms with Gasteiger partial charge in [0.25, 0.3) is 0 Å². The third kappa shape index (κ3) is 3.75. The molecule has 0 bridgehead atoms. The molecule has 0 N–H and O–H groups in total. The second-order valence-electron chi connectivity index (χ2n) is 8.88. The lowest BCUT2D eigenvalue weighted by Crippen LogP contribution is -2.54. The van der Waals surface area contributed by atoms with Gasteiger partial charge in [0.1, 0.15) is 11.6 Å². The number of anilines is 1. The predicted octanol–water partition coefficient (Wildman–Crippen LogP) is 3.51. The Bertz CT molecular complexity index is 1130. The number of fused-ring (bicyclic) bond motifs is 1. The molecule has 1 amide bonds. The fourth-order valence-electron chi connectivity index (χ4n) is 5.00. The van der Waals surface area contributed by atoms with E-state index >= 15 is 0 Å². The van der Waals surface area contributed by atoms with Gasteiger partial charge in [0.15, 0.2) is 0 Å². The summed E-state index contributed by atoms with van der Waals surface area (Å²) in [5.41, 5.74) is 3.30. The molecular weight excluding hydrogens is 405 g/mol. The Balaban J connectivity index is 1.32. The van der Waals surface area contributed by atoms with Crippen molar-refractivity contribution in [3.63, 3.8) is 0 Å². The summed E-state index contributed by atoms with van der Waals surface area (Å²) in [4.78, 5) is 24.1. The van der Waals surface area contributed by atoms with E-state index in [1.54, 1.807) is 0 Å². The van der Waals surface area contributed by atoms with Crippen molar-refractivity contribution >= 4 is 22.6 Å². The molecule has 2 aliphatic rings. The van der Waals surface area contributed by atoms with Crippen LogP contribution in [0, 0.1) is 5.82 Å². The molecule has 1 unspecified atom stereocenters. The molecule has 2 aliphatic heterocycles. The van der Waals surface area contributed by atoms with E-state index in [4.69, 9.17) is 0 Å². The molecule has 0 radical (unpaired) electrons. The standard InChI is InChI=1S/C25H30FN5O/c1-18(29-11-5-6-12-29)25(32)31-15-13-30(14-16-31)19-9-10-21(26)20(17-19)24-27-22-7-3-4-8-23(22)28(24)2/h3-4,7-10,17-18H,5-6,11-16H2,1-2H3. The van der Waals surface area contributed by atoms with Crippen LogP contribution in [0.4, 0.5) is 10.1 Å². The number of carbonyl (C=O) groups is 1. The number of aryl methyl sites for hydroxylation is 1. The van der Waals surface area contributed by atoms with Gasteiger partial charge in [-0.05, 0) is 63.2 Å². The van der Waals surface area contributed by atoms with Crippen LogP contribution < -0.4 is 4.90 Å². The van der Waals surface area contributed by atoms with Gasteiger partial charge in [-0.25, -0.2) is 9.37 Å². The number of benzene rings is 2. The Morgan fingerprint density at radius 2 is 1.72 bits per heavy atom. The number of amides is 1. The summed E-state index contributed by atoms with van der Waals surface area (Å²) in [7, 11) is 1.92. The van der Waals surface area contributed by atoms with Gasteiger partial charge in [-0.15, -0.1) is 0 Å². The van der Waals surface area contributed by atoms with Crippen molar-refractivity contribution in [1.82, 2.24) is 19.4 Å². The van der Waals surface area contributed by atoms with Crippen LogP contribution in [-0.4, -0.2) is 70.6 Å². The summed E-state index contributed by atoms with van der Waals surface area (Å²) in [6.45, 7) is 6.94. The fourth-order valence-corrected chi connectivity index (χ4v) is 5.00. The largest absolute Gasteiger partial charge is 0.368 e. The summed E-state index contributed by atoms with van der Waals surface area (Å²) in [5, 5.41) is 0. The molecule has 5 rings (SSSR count). The molecule has 0 aliphatic carbocycles. The minimum atomic E-state index is -0.277. The molecule has 168 valence electrons. The summed E-state index contributed by atoms with van der Waals surface area (Å²) in [5.74, 6) is 0.574. The molecule has 2 aromatic carbocycles. The van der Waals surface area contributed by atoms with Gasteiger partial charge in [-0.1, -0.05) is 12.1 Å². The molecule has 1 aromatic heterocycles. The van der Waals surface area contributed by atoms with Crippen molar-refractivity contribution in [2.45, 2.75) is 25.8 Å². The zero-order valence-electron chi connectivity index (χ0n) is 18.8. The van der Waals surface area contributed by atoms with E-state index < -0.39 is 0 Å². The van der Waals surface area contributed by atoms with Crippen LogP contribution in [0.15, 0.2) is 42.5 Å². The van der Waals surface area contributed by atoms with Crippen molar-refractivity contribution in [2.24, 2.45) is 7.05 Å². The van der Waals surface area contributed by atoms with E-state index in [1.807, 2.05) is 59.8 Å². The Hall–Kier alpha value is -2.93. The third-order valence-electron chi connectivity index (χ3n) is 6.98. The van der Waals surface area contributed by atoms with E-state index in [2.05, 4.69) is 14.8 Å². The van der Waals surface area contributed by atoms with Crippen molar-refractivity contribution in [3.8, 4) is 11.4 Å². The number of likely N-dealkylation sites (tertiary alicyclic amines) is 1. The average molecular weight is 436 g/mol. The number of carbonyl (C=O) groups excluding carboxylic acids is 1. The zero-order chi connectivity index (χ0) is 22.2. The number of hydrogen-bond donors (Lipinski definition) is 0.